The lowest BCUT2D eigenvalue weighted by molar-refractivity contribution is -0.134. The highest BCUT2D eigenvalue weighted by atomic mass is 32.1. The molecule has 126 valence electrons. The Labute approximate surface area is 143 Å². The van der Waals surface area contributed by atoms with Crippen molar-refractivity contribution in [3.8, 4) is 10.7 Å². The minimum Gasteiger partial charge on any atom is -0.337 e. The summed E-state index contributed by atoms with van der Waals surface area (Å²) in [4.78, 5) is 31.6. The average molecular weight is 346 g/mol. The number of amides is 3. The van der Waals surface area contributed by atoms with Gasteiger partial charge in [0.15, 0.2) is 0 Å². The van der Waals surface area contributed by atoms with Crippen molar-refractivity contribution in [2.24, 2.45) is 5.92 Å². The Hall–Kier alpha value is -2.22. The van der Waals surface area contributed by atoms with Gasteiger partial charge in [-0.05, 0) is 30.2 Å². The van der Waals surface area contributed by atoms with Crippen LogP contribution in [0.2, 0.25) is 0 Å². The number of rotatable bonds is 3. The first-order valence-electron chi connectivity index (χ1n) is 8.11. The van der Waals surface area contributed by atoms with Crippen LogP contribution in [0.15, 0.2) is 22.0 Å². The maximum atomic E-state index is 12.9. The van der Waals surface area contributed by atoms with E-state index in [1.54, 1.807) is 0 Å². The second-order valence-electron chi connectivity index (χ2n) is 6.43. The minimum atomic E-state index is -0.758. The van der Waals surface area contributed by atoms with E-state index in [4.69, 9.17) is 4.52 Å². The number of nitrogens with zero attached hydrogens (tertiary/aromatic N) is 3. The van der Waals surface area contributed by atoms with Gasteiger partial charge in [-0.15, -0.1) is 11.3 Å². The number of aromatic nitrogens is 2. The van der Waals surface area contributed by atoms with Gasteiger partial charge in [0.25, 0.3) is 5.91 Å². The highest BCUT2D eigenvalue weighted by Crippen LogP contribution is 2.38. The van der Waals surface area contributed by atoms with E-state index >= 15 is 0 Å². The van der Waals surface area contributed by atoms with E-state index in [2.05, 4.69) is 15.5 Å². The molecular weight excluding hydrogens is 328 g/mol. The molecule has 3 heterocycles. The third-order valence-corrected chi connectivity index (χ3v) is 5.87. The van der Waals surface area contributed by atoms with Crippen molar-refractivity contribution in [2.75, 3.05) is 0 Å². The lowest BCUT2D eigenvalue weighted by Crippen LogP contribution is -2.53. The monoisotopic (exact) mass is 346 g/mol. The Morgan fingerprint density at radius 3 is 3.08 bits per heavy atom. The molecule has 2 aromatic rings. The quantitative estimate of drug-likeness (QED) is 0.863. The molecule has 0 aromatic carbocycles. The molecule has 2 fully saturated rings. The van der Waals surface area contributed by atoms with Crippen LogP contribution in [-0.2, 0) is 11.3 Å². The average Bonchev–Trinajstić information content (AvgIpc) is 3.28. The SMILES string of the molecule is CC1CCCCC12NC(=O)N(Cc1nc(-c3cccs3)no1)C2=O. The summed E-state index contributed by atoms with van der Waals surface area (Å²) in [6, 6.07) is 3.43. The van der Waals surface area contributed by atoms with Crippen LogP contribution in [0.5, 0.6) is 0 Å². The Kier molecular flexibility index (Phi) is 3.64. The summed E-state index contributed by atoms with van der Waals surface area (Å²) in [7, 11) is 0. The smallest absolute Gasteiger partial charge is 0.325 e. The molecule has 2 unspecified atom stereocenters. The molecule has 2 aliphatic rings. The van der Waals surface area contributed by atoms with Crippen molar-refractivity contribution in [3.63, 3.8) is 0 Å². The van der Waals surface area contributed by atoms with E-state index in [0.29, 0.717) is 12.2 Å². The largest absolute Gasteiger partial charge is 0.337 e. The third kappa shape index (κ3) is 2.32. The first-order chi connectivity index (χ1) is 11.6. The first kappa shape index (κ1) is 15.3. The van der Waals surface area contributed by atoms with Gasteiger partial charge in [0.1, 0.15) is 12.1 Å². The van der Waals surface area contributed by atoms with Crippen LogP contribution in [-0.4, -0.2) is 32.5 Å². The summed E-state index contributed by atoms with van der Waals surface area (Å²) in [6.45, 7) is 2.04. The van der Waals surface area contributed by atoms with E-state index in [0.717, 1.165) is 24.1 Å². The van der Waals surface area contributed by atoms with E-state index in [-0.39, 0.29) is 30.3 Å². The van der Waals surface area contributed by atoms with Gasteiger partial charge < -0.3 is 9.84 Å². The molecule has 24 heavy (non-hydrogen) atoms. The molecule has 1 spiro atoms. The maximum Gasteiger partial charge on any atom is 0.325 e. The zero-order valence-corrected chi connectivity index (χ0v) is 14.1. The lowest BCUT2D eigenvalue weighted by atomic mass is 9.73. The summed E-state index contributed by atoms with van der Waals surface area (Å²) in [5.41, 5.74) is -0.758. The zero-order valence-electron chi connectivity index (χ0n) is 13.3. The van der Waals surface area contributed by atoms with E-state index in [1.165, 1.54) is 16.2 Å². The molecule has 7 nitrogen and oxygen atoms in total. The van der Waals surface area contributed by atoms with Gasteiger partial charge in [-0.2, -0.15) is 4.98 Å². The van der Waals surface area contributed by atoms with Gasteiger partial charge in [0.2, 0.25) is 11.7 Å². The molecule has 1 saturated heterocycles. The zero-order chi connectivity index (χ0) is 16.7. The van der Waals surface area contributed by atoms with Gasteiger partial charge in [0.05, 0.1) is 4.88 Å². The first-order valence-corrected chi connectivity index (χ1v) is 8.99. The fourth-order valence-electron chi connectivity index (χ4n) is 3.60. The normalized spacial score (nSPS) is 27.0. The molecule has 0 bridgehead atoms. The number of carbonyl (C=O) groups is 2. The van der Waals surface area contributed by atoms with Crippen molar-refractivity contribution < 1.29 is 14.1 Å². The fraction of sp³-hybridized carbons (Fsp3) is 0.500. The summed E-state index contributed by atoms with van der Waals surface area (Å²) < 4.78 is 5.22. The maximum absolute atomic E-state index is 12.9. The van der Waals surface area contributed by atoms with Gasteiger partial charge in [-0.3, -0.25) is 9.69 Å². The minimum absolute atomic E-state index is 0.0114. The predicted molar refractivity (Wildman–Crippen MR) is 87.1 cm³/mol. The number of urea groups is 1. The van der Waals surface area contributed by atoms with Gasteiger partial charge >= 0.3 is 6.03 Å². The standard InChI is InChI=1S/C16H18N4O3S/c1-10-5-2-3-7-16(10)14(21)20(15(22)18-16)9-12-17-13(19-23-12)11-6-4-8-24-11/h4,6,8,10H,2-3,5,7,9H2,1H3,(H,18,22). The molecule has 2 atom stereocenters. The van der Waals surface area contributed by atoms with Gasteiger partial charge in [-0.25, -0.2) is 4.79 Å². The number of hydrogen-bond acceptors (Lipinski definition) is 6. The van der Waals surface area contributed by atoms with Crippen molar-refractivity contribution in [3.05, 3.63) is 23.4 Å². The molecule has 1 N–H and O–H groups in total. The molecule has 3 amide bonds. The van der Waals surface area contributed by atoms with Crippen molar-refractivity contribution in [1.82, 2.24) is 20.4 Å². The number of hydrogen-bond donors (Lipinski definition) is 1. The molecule has 1 aliphatic carbocycles. The molecule has 2 aromatic heterocycles. The van der Waals surface area contributed by atoms with Crippen molar-refractivity contribution in [2.45, 2.75) is 44.7 Å². The van der Waals surface area contributed by atoms with Crippen LogP contribution in [0.4, 0.5) is 4.79 Å². The summed E-state index contributed by atoms with van der Waals surface area (Å²) in [6.07, 6.45) is 3.69. The van der Waals surface area contributed by atoms with Gasteiger partial charge in [-0.1, -0.05) is 31.0 Å². The van der Waals surface area contributed by atoms with Gasteiger partial charge in [0, 0.05) is 0 Å². The molecular formula is C16H18N4O3S. The summed E-state index contributed by atoms with van der Waals surface area (Å²) >= 11 is 1.51. The molecule has 0 radical (unpaired) electrons. The lowest BCUT2D eigenvalue weighted by Gasteiger charge is -2.36. The number of nitrogens with one attached hydrogen (secondary N) is 1. The molecule has 1 saturated carbocycles. The Bertz CT molecular complexity index is 772. The van der Waals surface area contributed by atoms with Crippen LogP contribution in [0.3, 0.4) is 0 Å². The second-order valence-corrected chi connectivity index (χ2v) is 7.38. The Morgan fingerprint density at radius 1 is 1.46 bits per heavy atom. The molecule has 1 aliphatic heterocycles. The summed E-state index contributed by atoms with van der Waals surface area (Å²) in [5, 5.41) is 8.78. The van der Waals surface area contributed by atoms with Crippen LogP contribution in [0, 0.1) is 5.92 Å². The van der Waals surface area contributed by atoms with Crippen LogP contribution in [0.25, 0.3) is 10.7 Å². The van der Waals surface area contributed by atoms with E-state index in [1.807, 2.05) is 24.4 Å². The molecule has 4 rings (SSSR count). The summed E-state index contributed by atoms with van der Waals surface area (Å²) in [5.74, 6) is 0.711. The topological polar surface area (TPSA) is 88.3 Å². The van der Waals surface area contributed by atoms with Crippen LogP contribution < -0.4 is 5.32 Å². The number of thiophene rings is 1. The highest BCUT2D eigenvalue weighted by Gasteiger charge is 2.55. The van der Waals surface area contributed by atoms with E-state index < -0.39 is 5.54 Å². The van der Waals surface area contributed by atoms with Crippen LogP contribution >= 0.6 is 11.3 Å². The van der Waals surface area contributed by atoms with Crippen LogP contribution in [0.1, 0.15) is 38.5 Å². The molecule has 8 heteroatoms. The Balaban J connectivity index is 1.55. The second kappa shape index (κ2) is 5.70. The highest BCUT2D eigenvalue weighted by molar-refractivity contribution is 7.13. The fourth-order valence-corrected chi connectivity index (χ4v) is 4.25. The number of imide groups is 1. The third-order valence-electron chi connectivity index (χ3n) is 5.00. The van der Waals surface area contributed by atoms with E-state index in [9.17, 15) is 9.59 Å². The van der Waals surface area contributed by atoms with Crippen molar-refractivity contribution >= 4 is 23.3 Å². The van der Waals surface area contributed by atoms with Crippen molar-refractivity contribution in [1.29, 1.82) is 0 Å². The Morgan fingerprint density at radius 2 is 2.33 bits per heavy atom. The predicted octanol–water partition coefficient (Wildman–Crippen LogP) is 2.80. The number of carbonyl (C=O) groups excluding carboxylic acids is 2.